The molecule has 0 spiro atoms. The lowest BCUT2D eigenvalue weighted by Crippen LogP contribution is -2.51. The van der Waals surface area contributed by atoms with Gasteiger partial charge in [-0.2, -0.15) is 0 Å². The van der Waals surface area contributed by atoms with E-state index in [0.717, 1.165) is 13.0 Å². The van der Waals surface area contributed by atoms with Gasteiger partial charge in [0.25, 0.3) is 23.7 Å². The molecule has 3 amide bonds. The van der Waals surface area contributed by atoms with Gasteiger partial charge in [0, 0.05) is 43.4 Å². The molecule has 1 aliphatic heterocycles. The Bertz CT molecular complexity index is 1530. The van der Waals surface area contributed by atoms with E-state index in [1.165, 1.54) is 18.2 Å². The van der Waals surface area contributed by atoms with Gasteiger partial charge in [-0.25, -0.2) is 13.7 Å². The number of nitrogen functional groups attached to an aromatic ring is 1. The lowest BCUT2D eigenvalue weighted by atomic mass is 10.1. The van der Waals surface area contributed by atoms with E-state index in [2.05, 4.69) is 10.6 Å². The van der Waals surface area contributed by atoms with Crippen molar-refractivity contribution in [2.24, 2.45) is 5.73 Å². The minimum absolute atomic E-state index is 0.00325. The summed E-state index contributed by atoms with van der Waals surface area (Å²) in [4.78, 5) is 48.5. The fourth-order valence-electron chi connectivity index (χ4n) is 4.07. The molecule has 13 heteroatoms. The molecule has 220 valence electrons. The lowest BCUT2D eigenvalue weighted by Gasteiger charge is -2.25. The molecule has 11 nitrogen and oxygen atoms in total. The highest BCUT2D eigenvalue weighted by molar-refractivity contribution is 6.22. The van der Waals surface area contributed by atoms with E-state index in [1.54, 1.807) is 43.3 Å². The molecule has 1 unspecified atom stereocenters. The summed E-state index contributed by atoms with van der Waals surface area (Å²) in [7, 11) is 0. The molecule has 0 saturated carbocycles. The molecular formula is C29H29F2N5O6. The van der Waals surface area contributed by atoms with Gasteiger partial charge >= 0.3 is 0 Å². The molecule has 3 aromatic rings. The van der Waals surface area contributed by atoms with Crippen LogP contribution in [0.1, 0.15) is 51.3 Å². The number of carbonyl (C=O) groups is 4. The number of hydrogen-bond donors (Lipinski definition) is 5. The summed E-state index contributed by atoms with van der Waals surface area (Å²) in [6, 6.07) is 14.7. The first kappa shape index (κ1) is 31.4. The second-order valence-corrected chi connectivity index (χ2v) is 8.92. The Kier molecular flexibility index (Phi) is 10.4. The molecule has 0 fully saturated rings. The Morgan fingerprint density at radius 1 is 1.00 bits per heavy atom. The number of nitrogens with one attached hydrogen (secondary N) is 3. The van der Waals surface area contributed by atoms with Crippen molar-refractivity contribution in [2.45, 2.75) is 33.2 Å². The van der Waals surface area contributed by atoms with E-state index in [4.69, 9.17) is 25.8 Å². The van der Waals surface area contributed by atoms with Gasteiger partial charge in [0.15, 0.2) is 0 Å². The van der Waals surface area contributed by atoms with Crippen molar-refractivity contribution in [3.63, 3.8) is 0 Å². The third-order valence-electron chi connectivity index (χ3n) is 5.98. The SMILES string of the molecule is CC(=O)O.CCOC(C(=O)NCc1ccc(C(=N)N)cc1NCc1ccccc1F)N1C(=O)c2cccc(F)c2C1=O. The maximum atomic E-state index is 14.3. The molecule has 1 aliphatic rings. The van der Waals surface area contributed by atoms with Crippen LogP contribution in [0, 0.1) is 17.0 Å². The number of anilines is 1. The standard InChI is InChI=1S/C27H25F2N5O4.C2H4O2/c1-2-38-27(34-25(36)18-7-5-9-20(29)22(18)26(34)37)24(35)33-14-17-11-10-15(23(30)31)12-21(17)32-13-16-6-3-4-8-19(16)28;1-2(3)4/h3-12,27,32H,2,13-14H2,1H3,(H3,30,31)(H,33,35);1H3,(H,3,4). The number of halogens is 2. The Morgan fingerprint density at radius 3 is 2.29 bits per heavy atom. The zero-order valence-electron chi connectivity index (χ0n) is 22.7. The average molecular weight is 582 g/mol. The van der Waals surface area contributed by atoms with Crippen molar-refractivity contribution < 1.29 is 37.8 Å². The van der Waals surface area contributed by atoms with Gasteiger partial charge in [0.2, 0.25) is 6.23 Å². The number of hydrogen-bond acceptors (Lipinski definition) is 7. The largest absolute Gasteiger partial charge is 0.481 e. The van der Waals surface area contributed by atoms with Crippen molar-refractivity contribution >= 4 is 35.2 Å². The average Bonchev–Trinajstić information content (AvgIpc) is 3.20. The fourth-order valence-corrected chi connectivity index (χ4v) is 4.07. The van der Waals surface area contributed by atoms with Gasteiger partial charge in [0.05, 0.1) is 11.1 Å². The summed E-state index contributed by atoms with van der Waals surface area (Å²) in [5, 5.41) is 20.9. The van der Waals surface area contributed by atoms with Crippen LogP contribution in [0.4, 0.5) is 14.5 Å². The van der Waals surface area contributed by atoms with Gasteiger partial charge in [-0.15, -0.1) is 0 Å². The van der Waals surface area contributed by atoms with E-state index >= 15 is 0 Å². The highest BCUT2D eigenvalue weighted by atomic mass is 19.1. The van der Waals surface area contributed by atoms with E-state index in [0.29, 0.717) is 27.3 Å². The minimum Gasteiger partial charge on any atom is -0.481 e. The summed E-state index contributed by atoms with van der Waals surface area (Å²) in [6.45, 7) is 2.72. The van der Waals surface area contributed by atoms with Crippen molar-refractivity contribution in [1.29, 1.82) is 5.41 Å². The topological polar surface area (TPSA) is 175 Å². The molecular weight excluding hydrogens is 552 g/mol. The Morgan fingerprint density at radius 2 is 1.67 bits per heavy atom. The third-order valence-corrected chi connectivity index (χ3v) is 5.98. The Hall–Kier alpha value is -5.17. The van der Waals surface area contributed by atoms with E-state index in [-0.39, 0.29) is 31.1 Å². The lowest BCUT2D eigenvalue weighted by molar-refractivity contribution is -0.140. The maximum absolute atomic E-state index is 14.3. The first-order valence-corrected chi connectivity index (χ1v) is 12.7. The number of fused-ring (bicyclic) bond motifs is 1. The number of rotatable bonds is 10. The molecule has 3 aromatic carbocycles. The molecule has 4 rings (SSSR count). The molecule has 0 aromatic heterocycles. The number of carbonyl (C=O) groups excluding carboxylic acids is 3. The number of benzene rings is 3. The zero-order chi connectivity index (χ0) is 31.0. The second-order valence-electron chi connectivity index (χ2n) is 8.92. The highest BCUT2D eigenvalue weighted by Gasteiger charge is 2.45. The van der Waals surface area contributed by atoms with E-state index in [9.17, 15) is 23.2 Å². The molecule has 0 saturated heterocycles. The van der Waals surface area contributed by atoms with Crippen molar-refractivity contribution in [3.8, 4) is 0 Å². The number of carboxylic acid groups (broad SMARTS) is 1. The summed E-state index contributed by atoms with van der Waals surface area (Å²) >= 11 is 0. The van der Waals surface area contributed by atoms with Crippen LogP contribution in [0.3, 0.4) is 0 Å². The Balaban J connectivity index is 0.00000114. The van der Waals surface area contributed by atoms with Crippen molar-refractivity contribution in [1.82, 2.24) is 10.2 Å². The van der Waals surface area contributed by atoms with Crippen molar-refractivity contribution in [2.75, 3.05) is 11.9 Å². The van der Waals surface area contributed by atoms with Gasteiger partial charge < -0.3 is 26.2 Å². The molecule has 1 heterocycles. The van der Waals surface area contributed by atoms with Crippen LogP contribution in [-0.4, -0.2) is 52.4 Å². The van der Waals surface area contributed by atoms with Crippen molar-refractivity contribution in [3.05, 3.63) is 100 Å². The summed E-state index contributed by atoms with van der Waals surface area (Å²) in [6.07, 6.45) is -1.63. The second kappa shape index (κ2) is 13.9. The van der Waals surface area contributed by atoms with Crippen LogP contribution < -0.4 is 16.4 Å². The smallest absolute Gasteiger partial charge is 0.300 e. The predicted molar refractivity (Wildman–Crippen MR) is 149 cm³/mol. The van der Waals surface area contributed by atoms with Crippen LogP contribution >= 0.6 is 0 Å². The molecule has 0 bridgehead atoms. The first-order valence-electron chi connectivity index (χ1n) is 12.7. The fraction of sp³-hybridized carbons (Fsp3) is 0.207. The summed E-state index contributed by atoms with van der Waals surface area (Å²) in [5.41, 5.74) is 6.92. The normalized spacial score (nSPS) is 12.6. The van der Waals surface area contributed by atoms with E-state index in [1.807, 2.05) is 0 Å². The number of ether oxygens (including phenoxy) is 1. The van der Waals surface area contributed by atoms with Crippen LogP contribution in [0.25, 0.3) is 0 Å². The molecule has 1 atom stereocenters. The monoisotopic (exact) mass is 581 g/mol. The Labute approximate surface area is 239 Å². The van der Waals surface area contributed by atoms with Gasteiger partial charge in [-0.3, -0.25) is 24.6 Å². The van der Waals surface area contributed by atoms with Crippen LogP contribution in [-0.2, 0) is 27.4 Å². The number of amidine groups is 1. The number of nitrogens with zero attached hydrogens (tertiary/aromatic N) is 1. The highest BCUT2D eigenvalue weighted by Crippen LogP contribution is 2.27. The van der Waals surface area contributed by atoms with Crippen LogP contribution in [0.15, 0.2) is 60.7 Å². The van der Waals surface area contributed by atoms with Crippen LogP contribution in [0.5, 0.6) is 0 Å². The molecule has 6 N–H and O–H groups in total. The minimum atomic E-state index is -1.63. The number of carboxylic acids is 1. The van der Waals surface area contributed by atoms with E-state index < -0.39 is 47.1 Å². The summed E-state index contributed by atoms with van der Waals surface area (Å²) < 4.78 is 33.8. The number of nitrogens with two attached hydrogens (primary N) is 1. The predicted octanol–water partition coefficient (Wildman–Crippen LogP) is 3.23. The molecule has 0 radical (unpaired) electrons. The third kappa shape index (κ3) is 7.31. The van der Waals surface area contributed by atoms with Gasteiger partial charge in [-0.1, -0.05) is 36.4 Å². The number of aliphatic carboxylic acids is 1. The number of imide groups is 1. The quantitative estimate of drug-likeness (QED) is 0.138. The van der Waals surface area contributed by atoms with Gasteiger partial charge in [0.1, 0.15) is 17.5 Å². The van der Waals surface area contributed by atoms with Gasteiger partial charge in [-0.05, 0) is 36.8 Å². The van der Waals surface area contributed by atoms with Crippen LogP contribution in [0.2, 0.25) is 0 Å². The molecule has 42 heavy (non-hydrogen) atoms. The maximum Gasteiger partial charge on any atom is 0.300 e. The first-order chi connectivity index (χ1) is 20.0. The molecule has 0 aliphatic carbocycles. The zero-order valence-corrected chi connectivity index (χ0v) is 22.7. The number of amides is 3. The summed E-state index contributed by atoms with van der Waals surface area (Å²) in [5.74, 6) is -4.86.